The van der Waals surface area contributed by atoms with Crippen LogP contribution in [0.15, 0.2) is 18.2 Å². The molecule has 0 saturated carbocycles. The molecule has 0 bridgehead atoms. The quantitative estimate of drug-likeness (QED) is 0.854. The zero-order valence-electron chi connectivity index (χ0n) is 15.3. The standard InChI is InChI=1S/C19H26N2O4/c1-12(2)19(18(24)25)7-8-21(11-19)16(22)10-20-17(23)15-6-5-13(3)14(4)9-15/h5-6,9,12H,7-8,10-11H2,1-4H3,(H,20,23)(H,24,25). The predicted octanol–water partition coefficient (Wildman–Crippen LogP) is 1.99. The van der Waals surface area contributed by atoms with Gasteiger partial charge in [-0.15, -0.1) is 0 Å². The molecule has 1 unspecified atom stereocenters. The lowest BCUT2D eigenvalue weighted by atomic mass is 9.76. The van der Waals surface area contributed by atoms with E-state index in [2.05, 4.69) is 5.32 Å². The summed E-state index contributed by atoms with van der Waals surface area (Å²) < 4.78 is 0. The fraction of sp³-hybridized carbons (Fsp3) is 0.526. The van der Waals surface area contributed by atoms with Crippen molar-refractivity contribution in [3.63, 3.8) is 0 Å². The van der Waals surface area contributed by atoms with Crippen molar-refractivity contribution in [3.8, 4) is 0 Å². The Hall–Kier alpha value is -2.37. The van der Waals surface area contributed by atoms with Gasteiger partial charge in [-0.3, -0.25) is 14.4 Å². The third kappa shape index (κ3) is 3.83. The van der Waals surface area contributed by atoms with Crippen LogP contribution in [0.25, 0.3) is 0 Å². The molecule has 2 N–H and O–H groups in total. The van der Waals surface area contributed by atoms with Gasteiger partial charge in [0, 0.05) is 18.7 Å². The Balaban J connectivity index is 1.95. The lowest BCUT2D eigenvalue weighted by Crippen LogP contribution is -2.43. The zero-order valence-corrected chi connectivity index (χ0v) is 15.3. The summed E-state index contributed by atoms with van der Waals surface area (Å²) in [6.07, 6.45) is 0.441. The van der Waals surface area contributed by atoms with E-state index in [1.165, 1.54) is 4.90 Å². The van der Waals surface area contributed by atoms with Crippen LogP contribution in [-0.2, 0) is 9.59 Å². The molecule has 1 heterocycles. The average molecular weight is 346 g/mol. The van der Waals surface area contributed by atoms with Crippen molar-refractivity contribution in [3.05, 3.63) is 34.9 Å². The number of benzene rings is 1. The van der Waals surface area contributed by atoms with E-state index in [0.717, 1.165) is 11.1 Å². The Morgan fingerprint density at radius 3 is 2.44 bits per heavy atom. The van der Waals surface area contributed by atoms with E-state index in [-0.39, 0.29) is 30.8 Å². The number of nitrogens with one attached hydrogen (secondary N) is 1. The summed E-state index contributed by atoms with van der Waals surface area (Å²) in [6.45, 7) is 8.10. The fourth-order valence-corrected chi connectivity index (χ4v) is 3.19. The van der Waals surface area contributed by atoms with Crippen LogP contribution in [0.3, 0.4) is 0 Å². The summed E-state index contributed by atoms with van der Waals surface area (Å²) in [5.74, 6) is -1.48. The molecule has 136 valence electrons. The van der Waals surface area contributed by atoms with E-state index >= 15 is 0 Å². The van der Waals surface area contributed by atoms with Gasteiger partial charge in [-0.05, 0) is 49.4 Å². The van der Waals surface area contributed by atoms with Crippen molar-refractivity contribution in [2.75, 3.05) is 19.6 Å². The van der Waals surface area contributed by atoms with E-state index < -0.39 is 11.4 Å². The molecule has 0 aromatic heterocycles. The normalized spacial score (nSPS) is 20.0. The van der Waals surface area contributed by atoms with E-state index in [1.54, 1.807) is 12.1 Å². The number of likely N-dealkylation sites (tertiary alicyclic amines) is 1. The van der Waals surface area contributed by atoms with Crippen molar-refractivity contribution in [1.82, 2.24) is 10.2 Å². The Labute approximate surface area is 148 Å². The predicted molar refractivity (Wildman–Crippen MR) is 94.4 cm³/mol. The number of nitrogens with zero attached hydrogens (tertiary/aromatic N) is 1. The number of carboxylic acid groups (broad SMARTS) is 1. The highest BCUT2D eigenvalue weighted by molar-refractivity contribution is 5.96. The molecule has 6 heteroatoms. The van der Waals surface area contributed by atoms with Gasteiger partial charge in [-0.2, -0.15) is 0 Å². The Kier molecular flexibility index (Phi) is 5.50. The van der Waals surface area contributed by atoms with Crippen LogP contribution in [0.5, 0.6) is 0 Å². The number of hydrogen-bond donors (Lipinski definition) is 2. The minimum atomic E-state index is -0.895. The highest BCUT2D eigenvalue weighted by Gasteiger charge is 2.48. The van der Waals surface area contributed by atoms with Crippen molar-refractivity contribution in [2.45, 2.75) is 34.1 Å². The molecule has 1 aliphatic heterocycles. The van der Waals surface area contributed by atoms with Gasteiger partial charge in [0.05, 0.1) is 12.0 Å². The van der Waals surface area contributed by atoms with Crippen molar-refractivity contribution in [2.24, 2.45) is 11.3 Å². The molecule has 1 aliphatic rings. The lowest BCUT2D eigenvalue weighted by molar-refractivity contribution is -0.151. The third-order valence-corrected chi connectivity index (χ3v) is 5.35. The highest BCUT2D eigenvalue weighted by Crippen LogP contribution is 2.38. The second-order valence-electron chi connectivity index (χ2n) is 7.16. The minimum Gasteiger partial charge on any atom is -0.481 e. The van der Waals surface area contributed by atoms with E-state index in [1.807, 2.05) is 33.8 Å². The fourth-order valence-electron chi connectivity index (χ4n) is 3.19. The summed E-state index contributed by atoms with van der Waals surface area (Å²) in [5, 5.41) is 12.2. The molecule has 1 saturated heterocycles. The van der Waals surface area contributed by atoms with Gasteiger partial charge in [0.15, 0.2) is 0 Å². The van der Waals surface area contributed by atoms with Crippen LogP contribution in [0.1, 0.15) is 41.8 Å². The number of amides is 2. The molecule has 1 aromatic carbocycles. The van der Waals surface area contributed by atoms with Crippen LogP contribution in [-0.4, -0.2) is 47.4 Å². The van der Waals surface area contributed by atoms with Crippen LogP contribution < -0.4 is 5.32 Å². The Morgan fingerprint density at radius 1 is 1.24 bits per heavy atom. The largest absolute Gasteiger partial charge is 0.481 e. The number of carboxylic acids is 1. The maximum Gasteiger partial charge on any atom is 0.311 e. The number of hydrogen-bond acceptors (Lipinski definition) is 3. The third-order valence-electron chi connectivity index (χ3n) is 5.35. The molecule has 0 spiro atoms. The minimum absolute atomic E-state index is 0.0621. The molecule has 0 radical (unpaired) electrons. The molecule has 1 aromatic rings. The van der Waals surface area contributed by atoms with Crippen LogP contribution in [0.4, 0.5) is 0 Å². The molecule has 1 fully saturated rings. The lowest BCUT2D eigenvalue weighted by Gasteiger charge is -2.28. The first-order valence-electron chi connectivity index (χ1n) is 8.54. The summed E-state index contributed by atoms with van der Waals surface area (Å²) in [6, 6.07) is 5.39. The molecule has 2 amide bonds. The molecule has 6 nitrogen and oxygen atoms in total. The van der Waals surface area contributed by atoms with Gasteiger partial charge in [0.1, 0.15) is 0 Å². The van der Waals surface area contributed by atoms with Gasteiger partial charge in [-0.1, -0.05) is 19.9 Å². The smallest absolute Gasteiger partial charge is 0.311 e. The number of aryl methyl sites for hydroxylation is 2. The van der Waals surface area contributed by atoms with Crippen molar-refractivity contribution < 1.29 is 19.5 Å². The van der Waals surface area contributed by atoms with Gasteiger partial charge in [-0.25, -0.2) is 0 Å². The molecule has 1 atom stereocenters. The van der Waals surface area contributed by atoms with Gasteiger partial charge >= 0.3 is 5.97 Å². The van der Waals surface area contributed by atoms with E-state index in [9.17, 15) is 19.5 Å². The number of carbonyl (C=O) groups is 3. The summed E-state index contributed by atoms with van der Waals surface area (Å²) >= 11 is 0. The monoisotopic (exact) mass is 346 g/mol. The maximum atomic E-state index is 12.4. The summed E-state index contributed by atoms with van der Waals surface area (Å²) in [5.41, 5.74) is 1.73. The van der Waals surface area contributed by atoms with Gasteiger partial charge < -0.3 is 15.3 Å². The molecule has 2 rings (SSSR count). The second kappa shape index (κ2) is 7.25. The highest BCUT2D eigenvalue weighted by atomic mass is 16.4. The number of rotatable bonds is 5. The average Bonchev–Trinajstić information content (AvgIpc) is 3.01. The Bertz CT molecular complexity index is 699. The van der Waals surface area contributed by atoms with Crippen LogP contribution >= 0.6 is 0 Å². The SMILES string of the molecule is Cc1ccc(C(=O)NCC(=O)N2CCC(C(=O)O)(C(C)C)C2)cc1C. The Morgan fingerprint density at radius 2 is 1.92 bits per heavy atom. The summed E-state index contributed by atoms with van der Waals surface area (Å²) in [4.78, 5) is 37.7. The first-order valence-corrected chi connectivity index (χ1v) is 8.54. The van der Waals surface area contributed by atoms with Gasteiger partial charge in [0.25, 0.3) is 5.91 Å². The second-order valence-corrected chi connectivity index (χ2v) is 7.16. The van der Waals surface area contributed by atoms with Gasteiger partial charge in [0.2, 0.25) is 5.91 Å². The first-order chi connectivity index (χ1) is 11.7. The van der Waals surface area contributed by atoms with Crippen molar-refractivity contribution >= 4 is 17.8 Å². The molecular formula is C19H26N2O4. The maximum absolute atomic E-state index is 12.4. The van der Waals surface area contributed by atoms with E-state index in [0.29, 0.717) is 18.5 Å². The summed E-state index contributed by atoms with van der Waals surface area (Å²) in [7, 11) is 0. The van der Waals surface area contributed by atoms with Crippen LogP contribution in [0.2, 0.25) is 0 Å². The van der Waals surface area contributed by atoms with Crippen molar-refractivity contribution in [1.29, 1.82) is 0 Å². The topological polar surface area (TPSA) is 86.7 Å². The molecule has 0 aliphatic carbocycles. The molecule has 25 heavy (non-hydrogen) atoms. The first kappa shape index (κ1) is 19.0. The van der Waals surface area contributed by atoms with E-state index in [4.69, 9.17) is 0 Å². The molecular weight excluding hydrogens is 320 g/mol. The zero-order chi connectivity index (χ0) is 18.8. The van der Waals surface area contributed by atoms with Crippen LogP contribution in [0, 0.1) is 25.2 Å². The number of carbonyl (C=O) groups excluding carboxylic acids is 2. The number of aliphatic carboxylic acids is 1.